The molecule has 1 aromatic rings. The van der Waals surface area contributed by atoms with Crippen molar-refractivity contribution in [2.75, 3.05) is 0 Å². The van der Waals surface area contributed by atoms with Crippen LogP contribution in [0.15, 0.2) is 24.3 Å². The number of ether oxygens (including phenoxy) is 2. The van der Waals surface area contributed by atoms with Crippen LogP contribution in [0.25, 0.3) is 0 Å². The highest BCUT2D eigenvalue weighted by Crippen LogP contribution is 2.40. The molecule has 0 bridgehead atoms. The molecule has 2 fully saturated rings. The third-order valence-electron chi connectivity index (χ3n) is 9.24. The van der Waals surface area contributed by atoms with Gasteiger partial charge in [-0.15, -0.1) is 0 Å². The minimum absolute atomic E-state index is 0.146. The summed E-state index contributed by atoms with van der Waals surface area (Å²) in [5.74, 6) is 1.26. The van der Waals surface area contributed by atoms with E-state index in [-0.39, 0.29) is 23.0 Å². The van der Waals surface area contributed by atoms with Gasteiger partial charge in [0.15, 0.2) is 0 Å². The van der Waals surface area contributed by atoms with Crippen LogP contribution < -0.4 is 0 Å². The highest BCUT2D eigenvalue weighted by molar-refractivity contribution is 5.59. The predicted octanol–water partition coefficient (Wildman–Crippen LogP) is 9.54. The Balaban J connectivity index is 1.43. The molecule has 0 amide bonds. The maximum absolute atomic E-state index is 12.3. The predicted molar refractivity (Wildman–Crippen MR) is 160 cm³/mol. The highest BCUT2D eigenvalue weighted by Gasteiger charge is 2.34. The first-order valence-corrected chi connectivity index (χ1v) is 15.6. The molecular weight excluding hydrogens is 536 g/mol. The average molecular weight is 591 g/mol. The second kappa shape index (κ2) is 13.5. The molecule has 2 saturated carbocycles. The second-order valence-corrected chi connectivity index (χ2v) is 15.3. The van der Waals surface area contributed by atoms with Gasteiger partial charge < -0.3 is 9.47 Å². The van der Waals surface area contributed by atoms with Crippen molar-refractivity contribution in [3.63, 3.8) is 0 Å². The largest absolute Gasteiger partial charge is 0.540 e. The monoisotopic (exact) mass is 590 g/mol. The second-order valence-electron chi connectivity index (χ2n) is 15.3. The van der Waals surface area contributed by atoms with Gasteiger partial charge in [-0.2, -0.15) is 9.78 Å². The third-order valence-corrected chi connectivity index (χ3v) is 9.24. The van der Waals surface area contributed by atoms with E-state index in [1.807, 2.05) is 24.3 Å². The van der Waals surface area contributed by atoms with Gasteiger partial charge >= 0.3 is 12.3 Å². The van der Waals surface area contributed by atoms with Crippen molar-refractivity contribution < 1.29 is 38.6 Å². The van der Waals surface area contributed by atoms with Crippen LogP contribution >= 0.6 is 0 Å². The Hall–Kier alpha value is -2.32. The number of rotatable bonds is 8. The highest BCUT2D eigenvalue weighted by atomic mass is 17.2. The summed E-state index contributed by atoms with van der Waals surface area (Å²) in [6.07, 6.45) is 5.53. The van der Waals surface area contributed by atoms with Crippen molar-refractivity contribution in [1.82, 2.24) is 0 Å². The molecule has 42 heavy (non-hydrogen) atoms. The SMILES string of the molecule is CC(C)(OOC(=O)OC1CCC(C(C)(C)C)CC1)c1ccc(C(C)(C)OOC(=O)OC2CCC(C(C)(C)C)CC2)cc1. The fourth-order valence-corrected chi connectivity index (χ4v) is 6.05. The summed E-state index contributed by atoms with van der Waals surface area (Å²) in [6, 6.07) is 7.42. The number of hydrogen-bond acceptors (Lipinski definition) is 8. The summed E-state index contributed by atoms with van der Waals surface area (Å²) in [5, 5.41) is 0. The molecule has 0 heterocycles. The van der Waals surface area contributed by atoms with E-state index in [1.54, 1.807) is 27.7 Å². The van der Waals surface area contributed by atoms with E-state index in [9.17, 15) is 9.59 Å². The van der Waals surface area contributed by atoms with Crippen LogP contribution in [0.2, 0.25) is 0 Å². The zero-order valence-electron chi connectivity index (χ0n) is 27.5. The molecule has 8 nitrogen and oxygen atoms in total. The molecule has 238 valence electrons. The van der Waals surface area contributed by atoms with Crippen molar-refractivity contribution in [1.29, 1.82) is 0 Å². The molecule has 3 rings (SSSR count). The van der Waals surface area contributed by atoms with Gasteiger partial charge in [-0.05, 0) is 113 Å². The van der Waals surface area contributed by atoms with Crippen LogP contribution in [-0.2, 0) is 40.2 Å². The smallest absolute Gasteiger partial charge is 0.429 e. The topological polar surface area (TPSA) is 89.5 Å². The van der Waals surface area contributed by atoms with E-state index in [0.717, 1.165) is 62.5 Å². The Kier molecular flexibility index (Phi) is 11.0. The summed E-state index contributed by atoms with van der Waals surface area (Å²) in [4.78, 5) is 45.7. The van der Waals surface area contributed by atoms with Gasteiger partial charge in [0.25, 0.3) is 0 Å². The van der Waals surface area contributed by atoms with Crippen LogP contribution in [0.1, 0.15) is 132 Å². The van der Waals surface area contributed by atoms with E-state index >= 15 is 0 Å². The fraction of sp³-hybridized carbons (Fsp3) is 0.765. The number of benzene rings is 1. The normalized spacial score (nSPS) is 24.0. The zero-order chi connectivity index (χ0) is 31.3. The van der Waals surface area contributed by atoms with Gasteiger partial charge in [0.05, 0.1) is 0 Å². The molecular formula is C34H54O8. The van der Waals surface area contributed by atoms with Crippen molar-refractivity contribution >= 4 is 12.3 Å². The lowest BCUT2D eigenvalue weighted by Gasteiger charge is -2.36. The molecule has 2 aliphatic carbocycles. The van der Waals surface area contributed by atoms with Gasteiger partial charge in [-0.3, -0.25) is 9.78 Å². The molecule has 1 aromatic carbocycles. The maximum Gasteiger partial charge on any atom is 0.540 e. The van der Waals surface area contributed by atoms with E-state index in [4.69, 9.17) is 29.0 Å². The fourth-order valence-electron chi connectivity index (χ4n) is 6.05. The Bertz CT molecular complexity index is 932. The quantitative estimate of drug-likeness (QED) is 0.168. The van der Waals surface area contributed by atoms with Crippen molar-refractivity contribution in [2.24, 2.45) is 22.7 Å². The molecule has 0 aromatic heterocycles. The van der Waals surface area contributed by atoms with Crippen LogP contribution in [0.5, 0.6) is 0 Å². The maximum atomic E-state index is 12.3. The molecule has 0 radical (unpaired) electrons. The van der Waals surface area contributed by atoms with Gasteiger partial charge in [0.2, 0.25) is 0 Å². The van der Waals surface area contributed by atoms with E-state index in [2.05, 4.69) is 41.5 Å². The summed E-state index contributed by atoms with van der Waals surface area (Å²) in [5.41, 5.74) is 0.259. The average Bonchev–Trinajstić information content (AvgIpc) is 2.91. The molecule has 0 aliphatic heterocycles. The minimum Gasteiger partial charge on any atom is -0.429 e. The standard InChI is InChI=1S/C34H54O8/c1-31(2,3)23-15-19-27(20-16-23)37-29(35)39-41-33(7,8)25-11-13-26(14-12-25)34(9,10)42-40-30(36)38-28-21-17-24(18-22-28)32(4,5)6/h11-14,23-24,27-28H,15-22H2,1-10H3. The number of carbonyl (C=O) groups excluding carboxylic acids is 2. The first-order valence-electron chi connectivity index (χ1n) is 15.6. The number of hydrogen-bond donors (Lipinski definition) is 0. The van der Waals surface area contributed by atoms with E-state index in [0.29, 0.717) is 11.8 Å². The molecule has 0 saturated heterocycles. The van der Waals surface area contributed by atoms with Gasteiger partial charge in [0, 0.05) is 0 Å². The molecule has 0 spiro atoms. The lowest BCUT2D eigenvalue weighted by Crippen LogP contribution is -2.31. The zero-order valence-corrected chi connectivity index (χ0v) is 27.5. The molecule has 2 aliphatic rings. The lowest BCUT2D eigenvalue weighted by molar-refractivity contribution is -0.325. The Morgan fingerprint density at radius 2 is 0.810 bits per heavy atom. The molecule has 0 unspecified atom stereocenters. The third kappa shape index (κ3) is 9.87. The van der Waals surface area contributed by atoms with Gasteiger partial charge in [-0.25, -0.2) is 9.59 Å². The lowest BCUT2D eigenvalue weighted by atomic mass is 9.72. The van der Waals surface area contributed by atoms with E-state index in [1.165, 1.54) is 0 Å². The molecule has 0 N–H and O–H groups in total. The summed E-state index contributed by atoms with van der Waals surface area (Å²) >= 11 is 0. The minimum atomic E-state index is -0.918. The van der Waals surface area contributed by atoms with Gasteiger partial charge in [0.1, 0.15) is 23.4 Å². The van der Waals surface area contributed by atoms with Crippen LogP contribution in [0.3, 0.4) is 0 Å². The Morgan fingerprint density at radius 3 is 1.07 bits per heavy atom. The van der Waals surface area contributed by atoms with Crippen LogP contribution in [-0.4, -0.2) is 24.5 Å². The Morgan fingerprint density at radius 1 is 0.524 bits per heavy atom. The Labute approximate surface area is 253 Å². The molecule has 0 atom stereocenters. The van der Waals surface area contributed by atoms with Crippen LogP contribution in [0.4, 0.5) is 9.59 Å². The summed E-state index contributed by atoms with van der Waals surface area (Å²) in [7, 11) is 0. The molecule has 8 heteroatoms. The van der Waals surface area contributed by atoms with Crippen molar-refractivity contribution in [3.8, 4) is 0 Å². The van der Waals surface area contributed by atoms with Crippen molar-refractivity contribution in [2.45, 2.75) is 144 Å². The first-order chi connectivity index (χ1) is 19.4. The van der Waals surface area contributed by atoms with Gasteiger partial charge in [-0.1, -0.05) is 65.8 Å². The number of carbonyl (C=O) groups is 2. The van der Waals surface area contributed by atoms with Crippen LogP contribution in [0, 0.1) is 22.7 Å². The summed E-state index contributed by atoms with van der Waals surface area (Å²) in [6.45, 7) is 20.8. The van der Waals surface area contributed by atoms with Crippen molar-refractivity contribution in [3.05, 3.63) is 35.4 Å². The summed E-state index contributed by atoms with van der Waals surface area (Å²) < 4.78 is 11.0. The van der Waals surface area contributed by atoms with E-state index < -0.39 is 23.5 Å². The first kappa shape index (κ1) is 34.2.